The summed E-state index contributed by atoms with van der Waals surface area (Å²) < 4.78 is 1.59. The number of aromatic nitrogens is 6. The van der Waals surface area contributed by atoms with E-state index in [4.69, 9.17) is 4.98 Å². The second-order valence-electron chi connectivity index (χ2n) is 7.92. The van der Waals surface area contributed by atoms with E-state index in [1.54, 1.807) is 11.0 Å². The first kappa shape index (κ1) is 18.5. The summed E-state index contributed by atoms with van der Waals surface area (Å²) in [5.41, 5.74) is 6.30. The van der Waals surface area contributed by atoms with E-state index in [1.165, 1.54) is 11.1 Å². The van der Waals surface area contributed by atoms with Crippen LogP contribution in [0.2, 0.25) is 0 Å². The van der Waals surface area contributed by atoms with Gasteiger partial charge in [-0.2, -0.15) is 0 Å². The highest BCUT2D eigenvalue weighted by Crippen LogP contribution is 2.32. The number of hydrogen-bond donors (Lipinski definition) is 1. The molecule has 1 fully saturated rings. The standard InChI is InChI=1S/C22H23N7O/c1-14-10-18-19(11-15(14)2)25-22(24-18)20-4-3-9-28(20)21(30)12-16-5-7-17(8-6-16)29-13-23-26-27-29/h5-8,10-11,13,20H,3-4,9,12H2,1-2H3,(H,24,25)/t20-/m0/s1. The smallest absolute Gasteiger partial charge is 0.227 e. The summed E-state index contributed by atoms with van der Waals surface area (Å²) in [5.74, 6) is 1.01. The van der Waals surface area contributed by atoms with Crippen molar-refractivity contribution in [2.45, 2.75) is 39.2 Å². The van der Waals surface area contributed by atoms with Crippen molar-refractivity contribution in [3.05, 3.63) is 65.2 Å². The molecule has 1 aliphatic rings. The number of tetrazole rings is 1. The van der Waals surface area contributed by atoms with Crippen LogP contribution in [0, 0.1) is 13.8 Å². The molecule has 8 nitrogen and oxygen atoms in total. The zero-order chi connectivity index (χ0) is 20.7. The zero-order valence-corrected chi connectivity index (χ0v) is 17.0. The maximum atomic E-state index is 13.1. The van der Waals surface area contributed by atoms with Crippen LogP contribution in [0.4, 0.5) is 0 Å². The van der Waals surface area contributed by atoms with Crippen LogP contribution < -0.4 is 0 Å². The molecule has 0 aliphatic carbocycles. The molecule has 2 aromatic heterocycles. The summed E-state index contributed by atoms with van der Waals surface area (Å²) in [6, 6.07) is 12.0. The predicted octanol–water partition coefficient (Wildman–Crippen LogP) is 3.06. The number of nitrogens with zero attached hydrogens (tertiary/aromatic N) is 6. The van der Waals surface area contributed by atoms with E-state index in [-0.39, 0.29) is 11.9 Å². The van der Waals surface area contributed by atoms with Crippen LogP contribution in [0.25, 0.3) is 16.7 Å². The highest BCUT2D eigenvalue weighted by atomic mass is 16.2. The van der Waals surface area contributed by atoms with Gasteiger partial charge in [0.25, 0.3) is 0 Å². The summed E-state index contributed by atoms with van der Waals surface area (Å²) in [6.45, 7) is 4.96. The van der Waals surface area contributed by atoms with Gasteiger partial charge in [0.1, 0.15) is 12.2 Å². The number of aromatic amines is 1. The largest absolute Gasteiger partial charge is 0.340 e. The monoisotopic (exact) mass is 401 g/mol. The van der Waals surface area contributed by atoms with Crippen LogP contribution in [0.15, 0.2) is 42.7 Å². The maximum Gasteiger partial charge on any atom is 0.227 e. The maximum absolute atomic E-state index is 13.1. The number of benzene rings is 2. The number of aryl methyl sites for hydroxylation is 2. The van der Waals surface area contributed by atoms with Gasteiger partial charge >= 0.3 is 0 Å². The molecule has 0 radical (unpaired) electrons. The van der Waals surface area contributed by atoms with E-state index >= 15 is 0 Å². The first-order valence-corrected chi connectivity index (χ1v) is 10.2. The minimum absolute atomic E-state index is 0.00556. The Morgan fingerprint density at radius 2 is 1.97 bits per heavy atom. The fourth-order valence-electron chi connectivity index (χ4n) is 4.12. The molecule has 5 rings (SSSR count). The minimum Gasteiger partial charge on any atom is -0.340 e. The number of carbonyl (C=O) groups excluding carboxylic acids is 1. The second-order valence-corrected chi connectivity index (χ2v) is 7.92. The molecule has 1 N–H and O–H groups in total. The molecule has 30 heavy (non-hydrogen) atoms. The van der Waals surface area contributed by atoms with E-state index in [2.05, 4.69) is 46.5 Å². The normalized spacial score (nSPS) is 16.5. The van der Waals surface area contributed by atoms with Gasteiger partial charge in [-0.3, -0.25) is 4.79 Å². The third-order valence-electron chi connectivity index (χ3n) is 5.91. The number of likely N-dealkylation sites (tertiary alicyclic amines) is 1. The summed E-state index contributed by atoms with van der Waals surface area (Å²) in [7, 11) is 0. The van der Waals surface area contributed by atoms with E-state index in [1.807, 2.05) is 29.2 Å². The first-order valence-electron chi connectivity index (χ1n) is 10.2. The van der Waals surface area contributed by atoms with Crippen molar-refractivity contribution in [3.8, 4) is 5.69 Å². The van der Waals surface area contributed by atoms with Gasteiger partial charge in [0, 0.05) is 6.54 Å². The lowest BCUT2D eigenvalue weighted by molar-refractivity contribution is -0.131. The van der Waals surface area contributed by atoms with Gasteiger partial charge in [-0.05, 0) is 78.1 Å². The molecule has 1 amide bonds. The Morgan fingerprint density at radius 1 is 1.17 bits per heavy atom. The summed E-state index contributed by atoms with van der Waals surface area (Å²) in [6.07, 6.45) is 3.83. The number of hydrogen-bond acceptors (Lipinski definition) is 5. The van der Waals surface area contributed by atoms with Crippen molar-refractivity contribution < 1.29 is 4.79 Å². The Morgan fingerprint density at radius 3 is 2.73 bits per heavy atom. The van der Waals surface area contributed by atoms with Crippen LogP contribution in [0.1, 0.15) is 41.4 Å². The van der Waals surface area contributed by atoms with Crippen molar-refractivity contribution in [2.24, 2.45) is 0 Å². The van der Waals surface area contributed by atoms with Crippen LogP contribution in [0.5, 0.6) is 0 Å². The highest BCUT2D eigenvalue weighted by molar-refractivity contribution is 5.80. The molecule has 152 valence electrons. The van der Waals surface area contributed by atoms with E-state index in [0.717, 1.165) is 47.5 Å². The van der Waals surface area contributed by atoms with Crippen LogP contribution >= 0.6 is 0 Å². The van der Waals surface area contributed by atoms with Crippen LogP contribution in [-0.4, -0.2) is 47.5 Å². The number of rotatable bonds is 4. The van der Waals surface area contributed by atoms with Gasteiger partial charge in [0.15, 0.2) is 0 Å². The molecular formula is C22H23N7O. The van der Waals surface area contributed by atoms with Gasteiger partial charge in [0.05, 0.1) is 29.2 Å². The number of H-pyrrole nitrogens is 1. The molecule has 0 unspecified atom stereocenters. The summed E-state index contributed by atoms with van der Waals surface area (Å²) >= 11 is 0. The van der Waals surface area contributed by atoms with Crippen molar-refractivity contribution in [1.82, 2.24) is 35.1 Å². The number of fused-ring (bicyclic) bond motifs is 1. The highest BCUT2D eigenvalue weighted by Gasteiger charge is 2.32. The quantitative estimate of drug-likeness (QED) is 0.567. The molecule has 1 atom stereocenters. The molecule has 4 aromatic rings. The van der Waals surface area contributed by atoms with E-state index in [0.29, 0.717) is 6.42 Å². The lowest BCUT2D eigenvalue weighted by Crippen LogP contribution is -2.32. The Bertz CT molecular complexity index is 1160. The fraction of sp³-hybridized carbons (Fsp3) is 0.318. The molecule has 0 spiro atoms. The Balaban J connectivity index is 1.34. The van der Waals surface area contributed by atoms with Crippen molar-refractivity contribution in [2.75, 3.05) is 6.54 Å². The van der Waals surface area contributed by atoms with E-state index in [9.17, 15) is 4.79 Å². The molecule has 3 heterocycles. The van der Waals surface area contributed by atoms with Gasteiger partial charge in [-0.1, -0.05) is 12.1 Å². The molecule has 8 heteroatoms. The van der Waals surface area contributed by atoms with Gasteiger partial charge < -0.3 is 9.88 Å². The SMILES string of the molecule is Cc1cc2nc([C@@H]3CCCN3C(=O)Cc3ccc(-n4cnnn4)cc3)[nH]c2cc1C. The molecule has 0 saturated carbocycles. The Kier molecular flexibility index (Phi) is 4.54. The van der Waals surface area contributed by atoms with Crippen molar-refractivity contribution in [1.29, 1.82) is 0 Å². The second kappa shape index (κ2) is 7.37. The summed E-state index contributed by atoms with van der Waals surface area (Å²) in [4.78, 5) is 23.3. The van der Waals surface area contributed by atoms with Crippen LogP contribution in [-0.2, 0) is 11.2 Å². The van der Waals surface area contributed by atoms with Crippen LogP contribution in [0.3, 0.4) is 0 Å². The number of nitrogens with one attached hydrogen (secondary N) is 1. The van der Waals surface area contributed by atoms with Gasteiger partial charge in [-0.25, -0.2) is 9.67 Å². The van der Waals surface area contributed by atoms with Crippen molar-refractivity contribution in [3.63, 3.8) is 0 Å². The lowest BCUT2D eigenvalue weighted by Gasteiger charge is -2.23. The van der Waals surface area contributed by atoms with Gasteiger partial charge in [0.2, 0.25) is 5.91 Å². The number of imidazole rings is 1. The average Bonchev–Trinajstić information content (AvgIpc) is 3.49. The Labute approximate surface area is 173 Å². The minimum atomic E-state index is 0.00556. The topological polar surface area (TPSA) is 92.6 Å². The average molecular weight is 401 g/mol. The molecule has 0 bridgehead atoms. The summed E-state index contributed by atoms with van der Waals surface area (Å²) in [5, 5.41) is 11.2. The molecule has 2 aromatic carbocycles. The zero-order valence-electron chi connectivity index (χ0n) is 17.0. The van der Waals surface area contributed by atoms with Crippen molar-refractivity contribution >= 4 is 16.9 Å². The Hall–Kier alpha value is -3.55. The number of carbonyl (C=O) groups is 1. The molecule has 1 aliphatic heterocycles. The third-order valence-corrected chi connectivity index (χ3v) is 5.91. The fourth-order valence-corrected chi connectivity index (χ4v) is 4.12. The lowest BCUT2D eigenvalue weighted by atomic mass is 10.1. The first-order chi connectivity index (χ1) is 14.6. The molecular weight excluding hydrogens is 378 g/mol. The van der Waals surface area contributed by atoms with Gasteiger partial charge in [-0.15, -0.1) is 5.10 Å². The predicted molar refractivity (Wildman–Crippen MR) is 112 cm³/mol. The number of amides is 1. The third kappa shape index (κ3) is 3.34. The molecule has 1 saturated heterocycles. The van der Waals surface area contributed by atoms with E-state index < -0.39 is 0 Å².